The molecule has 0 aliphatic carbocycles. The van der Waals surface area contributed by atoms with E-state index in [1.165, 1.54) is 0 Å². The van der Waals surface area contributed by atoms with E-state index in [0.717, 1.165) is 11.3 Å². The van der Waals surface area contributed by atoms with E-state index in [0.29, 0.717) is 5.82 Å². The summed E-state index contributed by atoms with van der Waals surface area (Å²) in [5.41, 5.74) is 1.92. The zero-order valence-corrected chi connectivity index (χ0v) is 10.1. The Bertz CT molecular complexity index is 368. The molecule has 0 spiro atoms. The average Bonchev–Trinajstić information content (AvgIpc) is 2.11. The maximum atomic E-state index is 10.9. The summed E-state index contributed by atoms with van der Waals surface area (Å²) >= 11 is 0. The molecule has 0 amide bonds. The minimum atomic E-state index is -1.10. The van der Waals surface area contributed by atoms with Crippen molar-refractivity contribution in [1.82, 2.24) is 4.98 Å². The number of pyridine rings is 1. The molecule has 0 fully saturated rings. The lowest BCUT2D eigenvalue weighted by molar-refractivity contribution is -0.307. The van der Waals surface area contributed by atoms with Gasteiger partial charge < -0.3 is 15.2 Å². The molecule has 0 aromatic carbocycles. The molecule has 1 atom stereocenters. The number of aliphatic carboxylic acids is 1. The lowest BCUT2D eigenvalue weighted by atomic mass is 10.0. The van der Waals surface area contributed by atoms with Crippen LogP contribution in [0.15, 0.2) is 12.1 Å². The second-order valence-electron chi connectivity index (χ2n) is 4.36. The molecule has 16 heavy (non-hydrogen) atoms. The number of nitrogens with zero attached hydrogens (tertiary/aromatic N) is 1. The normalized spacial score (nSPS) is 12.6. The summed E-state index contributed by atoms with van der Waals surface area (Å²) in [6.07, 6.45) is 0. The highest BCUT2D eigenvalue weighted by atomic mass is 16.4. The second kappa shape index (κ2) is 4.96. The van der Waals surface area contributed by atoms with Gasteiger partial charge in [-0.25, -0.2) is 4.98 Å². The zero-order valence-electron chi connectivity index (χ0n) is 10.1. The van der Waals surface area contributed by atoms with Crippen molar-refractivity contribution in [2.24, 2.45) is 5.92 Å². The largest absolute Gasteiger partial charge is 0.548 e. The van der Waals surface area contributed by atoms with Crippen LogP contribution in [0.1, 0.15) is 25.1 Å². The standard InChI is InChI=1S/C12H18N2O2/c1-7(2)11(12(15)16)14-10-6-8(3)5-9(4)13-10/h5-7,11H,1-4H3,(H,13,14)(H,15,16)/p-1. The number of carbonyl (C=O) groups is 1. The fourth-order valence-electron chi connectivity index (χ4n) is 1.57. The van der Waals surface area contributed by atoms with Crippen LogP contribution in [-0.2, 0) is 4.79 Å². The lowest BCUT2D eigenvalue weighted by Crippen LogP contribution is -2.44. The highest BCUT2D eigenvalue weighted by Crippen LogP contribution is 2.13. The number of hydrogen-bond acceptors (Lipinski definition) is 4. The summed E-state index contributed by atoms with van der Waals surface area (Å²) in [7, 11) is 0. The third kappa shape index (κ3) is 3.22. The summed E-state index contributed by atoms with van der Waals surface area (Å²) in [6, 6.07) is 3.05. The van der Waals surface area contributed by atoms with Gasteiger partial charge in [0, 0.05) is 5.69 Å². The summed E-state index contributed by atoms with van der Waals surface area (Å²) in [4.78, 5) is 15.2. The first kappa shape index (κ1) is 12.5. The fraction of sp³-hybridized carbons (Fsp3) is 0.500. The molecule has 1 heterocycles. The van der Waals surface area contributed by atoms with Gasteiger partial charge in [0.25, 0.3) is 0 Å². The SMILES string of the molecule is Cc1cc(C)nc(NC(C(=O)[O-])C(C)C)c1. The van der Waals surface area contributed by atoms with Crippen LogP contribution in [0.2, 0.25) is 0 Å². The number of nitrogens with one attached hydrogen (secondary N) is 1. The van der Waals surface area contributed by atoms with Gasteiger partial charge in [0.2, 0.25) is 0 Å². The number of carboxylic acid groups (broad SMARTS) is 1. The maximum absolute atomic E-state index is 10.9. The molecule has 88 valence electrons. The highest BCUT2D eigenvalue weighted by molar-refractivity contribution is 5.75. The number of hydrogen-bond donors (Lipinski definition) is 1. The highest BCUT2D eigenvalue weighted by Gasteiger charge is 2.14. The average molecular weight is 221 g/mol. The van der Waals surface area contributed by atoms with Crippen LogP contribution in [0.4, 0.5) is 5.82 Å². The first-order valence-corrected chi connectivity index (χ1v) is 5.33. The smallest absolute Gasteiger partial charge is 0.126 e. The molecule has 4 heteroatoms. The van der Waals surface area contributed by atoms with Gasteiger partial charge in [0.05, 0.1) is 12.0 Å². The van der Waals surface area contributed by atoms with Gasteiger partial charge in [-0.3, -0.25) is 0 Å². The predicted molar refractivity (Wildman–Crippen MR) is 61.0 cm³/mol. The molecule has 1 aromatic rings. The van der Waals surface area contributed by atoms with Gasteiger partial charge >= 0.3 is 0 Å². The molecular weight excluding hydrogens is 204 g/mol. The molecule has 0 aliphatic rings. The summed E-state index contributed by atoms with van der Waals surface area (Å²) in [5.74, 6) is -0.566. The van der Waals surface area contributed by atoms with E-state index in [4.69, 9.17) is 0 Å². The predicted octanol–water partition coefficient (Wildman–Crippen LogP) is 0.885. The first-order valence-electron chi connectivity index (χ1n) is 5.33. The Morgan fingerprint density at radius 2 is 2.00 bits per heavy atom. The number of carbonyl (C=O) groups excluding carboxylic acids is 1. The van der Waals surface area contributed by atoms with E-state index >= 15 is 0 Å². The van der Waals surface area contributed by atoms with Gasteiger partial charge in [-0.1, -0.05) is 13.8 Å². The Hall–Kier alpha value is -1.58. The third-order valence-electron chi connectivity index (χ3n) is 2.32. The molecule has 1 unspecified atom stereocenters. The second-order valence-corrected chi connectivity index (χ2v) is 4.36. The first-order chi connectivity index (χ1) is 7.40. The summed E-state index contributed by atoms with van der Waals surface area (Å²) < 4.78 is 0. The van der Waals surface area contributed by atoms with E-state index in [1.54, 1.807) is 0 Å². The third-order valence-corrected chi connectivity index (χ3v) is 2.32. The van der Waals surface area contributed by atoms with E-state index in [-0.39, 0.29) is 5.92 Å². The van der Waals surface area contributed by atoms with Crippen LogP contribution in [0, 0.1) is 19.8 Å². The number of aryl methyl sites for hydroxylation is 2. The van der Waals surface area contributed by atoms with Gasteiger partial charge in [-0.2, -0.15) is 0 Å². The topological polar surface area (TPSA) is 65.0 Å². The number of aromatic nitrogens is 1. The number of carboxylic acids is 1. The van der Waals surface area contributed by atoms with Crippen LogP contribution < -0.4 is 10.4 Å². The van der Waals surface area contributed by atoms with E-state index in [9.17, 15) is 9.90 Å². The van der Waals surface area contributed by atoms with Crippen LogP contribution in [-0.4, -0.2) is 17.0 Å². The lowest BCUT2D eigenvalue weighted by Gasteiger charge is -2.24. The van der Waals surface area contributed by atoms with Crippen molar-refractivity contribution in [1.29, 1.82) is 0 Å². The molecule has 0 saturated heterocycles. The van der Waals surface area contributed by atoms with Crippen molar-refractivity contribution in [2.75, 3.05) is 5.32 Å². The van der Waals surface area contributed by atoms with Crippen molar-refractivity contribution >= 4 is 11.8 Å². The quantitative estimate of drug-likeness (QED) is 0.820. The van der Waals surface area contributed by atoms with E-state index < -0.39 is 12.0 Å². The van der Waals surface area contributed by atoms with Crippen molar-refractivity contribution in [3.8, 4) is 0 Å². The van der Waals surface area contributed by atoms with Crippen LogP contribution in [0.25, 0.3) is 0 Å². The maximum Gasteiger partial charge on any atom is 0.126 e. The van der Waals surface area contributed by atoms with Crippen LogP contribution in [0.5, 0.6) is 0 Å². The minimum absolute atomic E-state index is 0.0485. The Kier molecular flexibility index (Phi) is 3.88. The fourth-order valence-corrected chi connectivity index (χ4v) is 1.57. The molecule has 4 nitrogen and oxygen atoms in total. The monoisotopic (exact) mass is 221 g/mol. The zero-order chi connectivity index (χ0) is 12.3. The molecule has 0 saturated carbocycles. The van der Waals surface area contributed by atoms with Crippen LogP contribution in [0.3, 0.4) is 0 Å². The molecule has 0 aliphatic heterocycles. The Morgan fingerprint density at radius 3 is 2.44 bits per heavy atom. The molecule has 1 N–H and O–H groups in total. The van der Waals surface area contributed by atoms with Crippen molar-refractivity contribution in [3.05, 3.63) is 23.4 Å². The number of rotatable bonds is 4. The van der Waals surface area contributed by atoms with Gasteiger partial charge in [0.15, 0.2) is 0 Å². The molecule has 1 rings (SSSR count). The molecule has 0 bridgehead atoms. The van der Waals surface area contributed by atoms with E-state index in [1.807, 2.05) is 39.8 Å². The summed E-state index contributed by atoms with van der Waals surface area (Å²) in [6.45, 7) is 7.48. The van der Waals surface area contributed by atoms with Crippen molar-refractivity contribution in [2.45, 2.75) is 33.7 Å². The molecule has 1 aromatic heterocycles. The molecule has 0 radical (unpaired) electrons. The van der Waals surface area contributed by atoms with Crippen LogP contribution >= 0.6 is 0 Å². The number of anilines is 1. The Morgan fingerprint density at radius 1 is 1.38 bits per heavy atom. The van der Waals surface area contributed by atoms with E-state index in [2.05, 4.69) is 10.3 Å². The van der Waals surface area contributed by atoms with Gasteiger partial charge in [0.1, 0.15) is 5.82 Å². The van der Waals surface area contributed by atoms with Gasteiger partial charge in [-0.15, -0.1) is 0 Å². The Balaban J connectivity index is 2.89. The van der Waals surface area contributed by atoms with Crippen molar-refractivity contribution < 1.29 is 9.90 Å². The summed E-state index contributed by atoms with van der Waals surface area (Å²) in [5, 5.41) is 13.8. The Labute approximate surface area is 95.7 Å². The minimum Gasteiger partial charge on any atom is -0.548 e. The van der Waals surface area contributed by atoms with Crippen molar-refractivity contribution in [3.63, 3.8) is 0 Å². The van der Waals surface area contributed by atoms with Gasteiger partial charge in [-0.05, 0) is 37.5 Å². The molecular formula is C12H17N2O2-.